The van der Waals surface area contributed by atoms with Gasteiger partial charge in [0.1, 0.15) is 6.04 Å². The largest absolute Gasteiger partial charge is 0.480 e. The summed E-state index contributed by atoms with van der Waals surface area (Å²) >= 11 is 2.11. The lowest BCUT2D eigenvalue weighted by Crippen LogP contribution is -2.30. The third kappa shape index (κ3) is 4.98. The van der Waals surface area contributed by atoms with Crippen LogP contribution in [0.15, 0.2) is 0 Å². The zero-order valence-electron chi connectivity index (χ0n) is 4.71. The SMILES string of the molecule is NC(CCSI)C(=O)O. The molecule has 0 saturated carbocycles. The van der Waals surface area contributed by atoms with Crippen LogP contribution in [0.3, 0.4) is 0 Å². The van der Waals surface area contributed by atoms with E-state index in [4.69, 9.17) is 10.8 Å². The minimum absolute atomic E-state index is 0.545. The summed E-state index contributed by atoms with van der Waals surface area (Å²) in [6.45, 7) is 0. The first-order valence-electron chi connectivity index (χ1n) is 2.40. The Labute approximate surface area is 70.0 Å². The average molecular weight is 261 g/mol. The number of carboxylic acids is 1. The number of carboxylic acid groups (broad SMARTS) is 1. The molecule has 9 heavy (non-hydrogen) atoms. The van der Waals surface area contributed by atoms with Crippen molar-refractivity contribution in [1.29, 1.82) is 0 Å². The van der Waals surface area contributed by atoms with Crippen molar-refractivity contribution in [2.45, 2.75) is 12.5 Å². The van der Waals surface area contributed by atoms with Gasteiger partial charge in [0.2, 0.25) is 0 Å². The third-order valence-corrected chi connectivity index (χ3v) is 2.53. The van der Waals surface area contributed by atoms with E-state index in [0.29, 0.717) is 6.42 Å². The van der Waals surface area contributed by atoms with Crippen molar-refractivity contribution in [3.63, 3.8) is 0 Å². The first-order valence-corrected chi connectivity index (χ1v) is 5.93. The quantitative estimate of drug-likeness (QED) is 0.737. The van der Waals surface area contributed by atoms with Gasteiger partial charge in [-0.25, -0.2) is 0 Å². The van der Waals surface area contributed by atoms with E-state index < -0.39 is 12.0 Å². The Morgan fingerprint density at radius 1 is 1.89 bits per heavy atom. The topological polar surface area (TPSA) is 63.3 Å². The number of nitrogens with two attached hydrogens (primary N) is 1. The van der Waals surface area contributed by atoms with Gasteiger partial charge in [-0.2, -0.15) is 0 Å². The Kier molecular flexibility index (Phi) is 5.61. The summed E-state index contributed by atoms with van der Waals surface area (Å²) in [6.07, 6.45) is 0.545. The minimum Gasteiger partial charge on any atom is -0.480 e. The molecule has 0 aliphatic carbocycles. The summed E-state index contributed by atoms with van der Waals surface area (Å²) in [5, 5.41) is 8.27. The highest BCUT2D eigenvalue weighted by molar-refractivity contribution is 14.2. The van der Waals surface area contributed by atoms with Crippen LogP contribution in [0.4, 0.5) is 0 Å². The zero-order valence-corrected chi connectivity index (χ0v) is 7.68. The molecule has 0 spiro atoms. The Morgan fingerprint density at radius 3 is 2.78 bits per heavy atom. The summed E-state index contributed by atoms with van der Waals surface area (Å²) in [4.78, 5) is 10.1. The van der Waals surface area contributed by atoms with Gasteiger partial charge in [-0.3, -0.25) is 4.79 Å². The Morgan fingerprint density at radius 2 is 2.44 bits per heavy atom. The molecule has 0 heterocycles. The van der Waals surface area contributed by atoms with Crippen molar-refractivity contribution in [2.24, 2.45) is 5.73 Å². The fourth-order valence-corrected chi connectivity index (χ4v) is 1.40. The average Bonchev–Trinajstić information content (AvgIpc) is 1.82. The summed E-state index contributed by atoms with van der Waals surface area (Å²) in [5.41, 5.74) is 5.19. The first kappa shape index (κ1) is 9.51. The van der Waals surface area contributed by atoms with Crippen LogP contribution in [0.1, 0.15) is 6.42 Å². The maximum Gasteiger partial charge on any atom is 0.320 e. The number of rotatable bonds is 4. The summed E-state index contributed by atoms with van der Waals surface area (Å²) < 4.78 is 0. The molecule has 0 aliphatic heterocycles. The van der Waals surface area contributed by atoms with Gasteiger partial charge < -0.3 is 10.8 Å². The van der Waals surface area contributed by atoms with E-state index >= 15 is 0 Å². The Balaban J connectivity index is 3.27. The molecule has 3 nitrogen and oxygen atoms in total. The number of aliphatic carboxylic acids is 1. The molecular formula is C4H8INO2S. The molecule has 0 radical (unpaired) electrons. The number of hydrogen-bond donors (Lipinski definition) is 2. The highest BCUT2D eigenvalue weighted by atomic mass is 127. The lowest BCUT2D eigenvalue weighted by Gasteiger charge is -2.01. The second kappa shape index (κ2) is 5.31. The van der Waals surface area contributed by atoms with Gasteiger partial charge in [-0.05, 0) is 27.6 Å². The fourth-order valence-electron chi connectivity index (χ4n) is 0.295. The van der Waals surface area contributed by atoms with E-state index in [2.05, 4.69) is 21.2 Å². The van der Waals surface area contributed by atoms with Crippen molar-refractivity contribution < 1.29 is 9.90 Å². The van der Waals surface area contributed by atoms with Crippen LogP contribution >= 0.6 is 30.1 Å². The van der Waals surface area contributed by atoms with Gasteiger partial charge in [-0.1, -0.05) is 8.93 Å². The molecule has 5 heteroatoms. The minimum atomic E-state index is -0.916. The van der Waals surface area contributed by atoms with E-state index in [-0.39, 0.29) is 0 Å². The van der Waals surface area contributed by atoms with Crippen LogP contribution in [0.5, 0.6) is 0 Å². The van der Waals surface area contributed by atoms with E-state index in [9.17, 15) is 4.79 Å². The highest BCUT2D eigenvalue weighted by Gasteiger charge is 2.09. The highest BCUT2D eigenvalue weighted by Crippen LogP contribution is 2.12. The molecule has 0 amide bonds. The van der Waals surface area contributed by atoms with Crippen molar-refractivity contribution >= 4 is 36.1 Å². The molecule has 3 N–H and O–H groups in total. The lowest BCUT2D eigenvalue weighted by atomic mass is 10.2. The fraction of sp³-hybridized carbons (Fsp3) is 0.750. The maximum absolute atomic E-state index is 10.1. The van der Waals surface area contributed by atoms with Gasteiger partial charge in [0.25, 0.3) is 0 Å². The van der Waals surface area contributed by atoms with E-state index in [1.165, 1.54) is 0 Å². The van der Waals surface area contributed by atoms with Gasteiger partial charge in [-0.15, -0.1) is 0 Å². The zero-order chi connectivity index (χ0) is 7.28. The van der Waals surface area contributed by atoms with Gasteiger partial charge in [0.05, 0.1) is 0 Å². The van der Waals surface area contributed by atoms with Gasteiger partial charge >= 0.3 is 5.97 Å². The van der Waals surface area contributed by atoms with Crippen LogP contribution in [0.25, 0.3) is 0 Å². The van der Waals surface area contributed by atoms with Gasteiger partial charge in [0.15, 0.2) is 0 Å². The molecule has 0 bridgehead atoms. The number of carbonyl (C=O) groups is 1. The second-order valence-electron chi connectivity index (χ2n) is 1.55. The normalized spacial score (nSPS) is 13.1. The second-order valence-corrected chi connectivity index (χ2v) is 4.04. The molecule has 0 aromatic carbocycles. The molecule has 1 atom stereocenters. The molecule has 1 unspecified atom stereocenters. The smallest absolute Gasteiger partial charge is 0.320 e. The Bertz CT molecular complexity index is 101. The Hall–Kier alpha value is 0.510. The first-order chi connectivity index (χ1) is 4.18. The van der Waals surface area contributed by atoms with Crippen molar-refractivity contribution in [1.82, 2.24) is 0 Å². The van der Waals surface area contributed by atoms with Crippen molar-refractivity contribution in [2.75, 3.05) is 5.75 Å². The molecule has 0 fully saturated rings. The van der Waals surface area contributed by atoms with Gasteiger partial charge in [0, 0.05) is 5.75 Å². The van der Waals surface area contributed by atoms with Crippen LogP contribution in [0, 0.1) is 0 Å². The molecular weight excluding hydrogens is 253 g/mol. The van der Waals surface area contributed by atoms with E-state index in [1.807, 2.05) is 0 Å². The predicted molar refractivity (Wildman–Crippen MR) is 46.7 cm³/mol. The molecule has 0 aromatic rings. The predicted octanol–water partition coefficient (Wildman–Crippen LogP) is 0.872. The molecule has 0 aliphatic rings. The summed E-state index contributed by atoms with van der Waals surface area (Å²) in [6, 6.07) is -0.688. The molecule has 0 rings (SSSR count). The summed E-state index contributed by atoms with van der Waals surface area (Å²) in [5.74, 6) is -0.117. The van der Waals surface area contributed by atoms with E-state index in [1.54, 1.807) is 8.93 Å². The molecule has 0 aromatic heterocycles. The standard InChI is InChI=1S/C4H8INO2S/c5-9-2-1-3(6)4(7)8/h3H,1-2,6H2,(H,7,8). The molecule has 54 valence electrons. The van der Waals surface area contributed by atoms with Crippen LogP contribution < -0.4 is 5.73 Å². The lowest BCUT2D eigenvalue weighted by molar-refractivity contribution is -0.138. The third-order valence-electron chi connectivity index (χ3n) is 0.823. The van der Waals surface area contributed by atoms with Crippen LogP contribution in [-0.4, -0.2) is 22.9 Å². The van der Waals surface area contributed by atoms with Crippen LogP contribution in [0.2, 0.25) is 0 Å². The maximum atomic E-state index is 10.1. The van der Waals surface area contributed by atoms with Crippen LogP contribution in [-0.2, 0) is 4.79 Å². The van der Waals surface area contributed by atoms with Crippen molar-refractivity contribution in [3.05, 3.63) is 0 Å². The summed E-state index contributed by atoms with van der Waals surface area (Å²) in [7, 11) is 1.57. The monoisotopic (exact) mass is 261 g/mol. The number of hydrogen-bond acceptors (Lipinski definition) is 3. The molecule has 0 saturated heterocycles. The van der Waals surface area contributed by atoms with E-state index in [0.717, 1.165) is 5.75 Å². The number of halogens is 1. The van der Waals surface area contributed by atoms with Crippen molar-refractivity contribution in [3.8, 4) is 0 Å².